The van der Waals surface area contributed by atoms with Crippen molar-refractivity contribution in [2.45, 2.75) is 65.7 Å². The molecular weight excluding hydrogens is 256 g/mol. The molecule has 0 radical (unpaired) electrons. The molecular formula is C16H32O4. The van der Waals surface area contributed by atoms with Crippen LogP contribution < -0.4 is 0 Å². The molecule has 0 aliphatic carbocycles. The van der Waals surface area contributed by atoms with Gasteiger partial charge >= 0.3 is 5.95 Å². The molecule has 0 atom stereocenters. The Labute approximate surface area is 124 Å². The molecule has 0 aliphatic heterocycles. The maximum atomic E-state index is 5.85. The van der Waals surface area contributed by atoms with Gasteiger partial charge < -0.3 is 18.9 Å². The van der Waals surface area contributed by atoms with E-state index >= 15 is 0 Å². The lowest BCUT2D eigenvalue weighted by molar-refractivity contribution is -0.0690. The van der Waals surface area contributed by atoms with Crippen LogP contribution in [0, 0.1) is 0 Å². The Morgan fingerprint density at radius 1 is 0.750 bits per heavy atom. The number of methoxy groups -OCH3 is 1. The minimum absolute atomic E-state index is 0.189. The minimum Gasteiger partial charge on any atom is -0.491 e. The van der Waals surface area contributed by atoms with Crippen LogP contribution in [0.3, 0.4) is 0 Å². The van der Waals surface area contributed by atoms with Gasteiger partial charge in [-0.25, -0.2) is 0 Å². The van der Waals surface area contributed by atoms with Gasteiger partial charge in [-0.2, -0.15) is 0 Å². The molecule has 0 aromatic carbocycles. The Morgan fingerprint density at radius 2 is 1.35 bits per heavy atom. The van der Waals surface area contributed by atoms with E-state index in [1.54, 1.807) is 7.11 Å². The molecule has 0 saturated heterocycles. The molecule has 0 aliphatic rings. The number of unbranched alkanes of at least 4 members (excludes halogenated alkanes) is 3. The average Bonchev–Trinajstić information content (AvgIpc) is 2.47. The zero-order valence-electron chi connectivity index (χ0n) is 13.7. The van der Waals surface area contributed by atoms with Crippen molar-refractivity contribution in [1.29, 1.82) is 0 Å². The van der Waals surface area contributed by atoms with Crippen molar-refractivity contribution in [3.63, 3.8) is 0 Å². The molecule has 120 valence electrons. The van der Waals surface area contributed by atoms with Gasteiger partial charge in [0, 0.05) is 13.5 Å². The van der Waals surface area contributed by atoms with E-state index in [4.69, 9.17) is 18.9 Å². The standard InChI is InChI=1S/C16H32O4/c1-5-8-11-15(18-12-9-6-2)16(20-14-17-4)19-13-10-7-3/h5-14H2,1-4H3/b16-15-. The summed E-state index contributed by atoms with van der Waals surface area (Å²) in [5, 5.41) is 0. The number of rotatable bonds is 14. The molecule has 4 nitrogen and oxygen atoms in total. The summed E-state index contributed by atoms with van der Waals surface area (Å²) in [4.78, 5) is 0. The molecule has 0 aromatic heterocycles. The van der Waals surface area contributed by atoms with Gasteiger partial charge in [0.1, 0.15) is 0 Å². The molecule has 4 heteroatoms. The van der Waals surface area contributed by atoms with Crippen molar-refractivity contribution in [2.75, 3.05) is 27.1 Å². The SMILES string of the molecule is CCCCO/C(CCCC)=C(/OCCCC)OCOC. The zero-order chi connectivity index (χ0) is 15.1. The number of ether oxygens (including phenoxy) is 4. The van der Waals surface area contributed by atoms with Crippen LogP contribution >= 0.6 is 0 Å². The third-order valence-corrected chi connectivity index (χ3v) is 2.80. The van der Waals surface area contributed by atoms with Crippen LogP contribution in [0.1, 0.15) is 65.7 Å². The molecule has 0 spiro atoms. The average molecular weight is 288 g/mol. The minimum atomic E-state index is 0.189. The fourth-order valence-electron chi connectivity index (χ4n) is 1.53. The Kier molecular flexibility index (Phi) is 13.9. The Morgan fingerprint density at radius 3 is 1.90 bits per heavy atom. The van der Waals surface area contributed by atoms with Gasteiger partial charge in [-0.15, -0.1) is 0 Å². The first-order valence-corrected chi connectivity index (χ1v) is 7.90. The summed E-state index contributed by atoms with van der Waals surface area (Å²) in [5.74, 6) is 1.33. The summed E-state index contributed by atoms with van der Waals surface area (Å²) >= 11 is 0. The van der Waals surface area contributed by atoms with E-state index in [9.17, 15) is 0 Å². The van der Waals surface area contributed by atoms with E-state index in [0.29, 0.717) is 19.2 Å². The fourth-order valence-corrected chi connectivity index (χ4v) is 1.53. The van der Waals surface area contributed by atoms with Crippen LogP contribution in [0.25, 0.3) is 0 Å². The normalized spacial score (nSPS) is 12.0. The molecule has 0 N–H and O–H groups in total. The summed E-state index contributed by atoms with van der Waals surface area (Å²) in [6.45, 7) is 8.01. The molecule has 0 saturated carbocycles. The molecule has 20 heavy (non-hydrogen) atoms. The van der Waals surface area contributed by atoms with Gasteiger partial charge in [0.25, 0.3) is 0 Å². The Hall–Kier alpha value is -0.900. The van der Waals surface area contributed by atoms with Gasteiger partial charge in [0.15, 0.2) is 12.6 Å². The van der Waals surface area contributed by atoms with Crippen LogP contribution in [0.4, 0.5) is 0 Å². The van der Waals surface area contributed by atoms with E-state index in [2.05, 4.69) is 20.8 Å². The third-order valence-electron chi connectivity index (χ3n) is 2.80. The molecule has 0 unspecified atom stereocenters. The second-order valence-corrected chi connectivity index (χ2v) is 4.77. The largest absolute Gasteiger partial charge is 0.491 e. The van der Waals surface area contributed by atoms with Crippen molar-refractivity contribution in [3.8, 4) is 0 Å². The lowest BCUT2D eigenvalue weighted by Crippen LogP contribution is -2.09. The third kappa shape index (κ3) is 9.96. The highest BCUT2D eigenvalue weighted by Gasteiger charge is 2.12. The lowest BCUT2D eigenvalue weighted by atomic mass is 10.2. The molecule has 0 fully saturated rings. The van der Waals surface area contributed by atoms with Crippen LogP contribution in [-0.2, 0) is 18.9 Å². The molecule has 0 rings (SSSR count). The van der Waals surface area contributed by atoms with E-state index < -0.39 is 0 Å². The first-order valence-electron chi connectivity index (χ1n) is 7.90. The highest BCUT2D eigenvalue weighted by molar-refractivity contribution is 4.95. The van der Waals surface area contributed by atoms with Gasteiger partial charge in [-0.1, -0.05) is 40.0 Å². The van der Waals surface area contributed by atoms with E-state index in [0.717, 1.165) is 50.7 Å². The Balaban J connectivity index is 4.62. The molecule has 0 heterocycles. The van der Waals surface area contributed by atoms with Crippen LogP contribution in [-0.4, -0.2) is 27.1 Å². The summed E-state index contributed by atoms with van der Waals surface area (Å²) in [5.41, 5.74) is 0. The zero-order valence-corrected chi connectivity index (χ0v) is 13.7. The second-order valence-electron chi connectivity index (χ2n) is 4.77. The summed E-state index contributed by atoms with van der Waals surface area (Å²) in [6, 6.07) is 0. The summed E-state index contributed by atoms with van der Waals surface area (Å²) in [6.07, 6.45) is 7.31. The smallest absolute Gasteiger partial charge is 0.321 e. The van der Waals surface area contributed by atoms with Gasteiger partial charge in [-0.3, -0.25) is 0 Å². The second kappa shape index (κ2) is 14.5. The number of allylic oxidation sites excluding steroid dienone is 1. The van der Waals surface area contributed by atoms with Gasteiger partial charge in [0.05, 0.1) is 13.2 Å². The predicted molar refractivity (Wildman–Crippen MR) is 81.2 cm³/mol. The maximum absolute atomic E-state index is 5.85. The molecule has 0 aromatic rings. The summed E-state index contributed by atoms with van der Waals surface area (Å²) in [7, 11) is 1.60. The van der Waals surface area contributed by atoms with Crippen molar-refractivity contribution in [1.82, 2.24) is 0 Å². The van der Waals surface area contributed by atoms with Crippen molar-refractivity contribution in [3.05, 3.63) is 11.7 Å². The molecule has 0 amide bonds. The van der Waals surface area contributed by atoms with E-state index in [1.807, 2.05) is 0 Å². The van der Waals surface area contributed by atoms with E-state index in [1.165, 1.54) is 0 Å². The van der Waals surface area contributed by atoms with Crippen LogP contribution in [0.5, 0.6) is 0 Å². The van der Waals surface area contributed by atoms with Crippen molar-refractivity contribution in [2.24, 2.45) is 0 Å². The van der Waals surface area contributed by atoms with Gasteiger partial charge in [-0.05, 0) is 19.3 Å². The van der Waals surface area contributed by atoms with E-state index in [-0.39, 0.29) is 6.79 Å². The topological polar surface area (TPSA) is 36.9 Å². The monoisotopic (exact) mass is 288 g/mol. The predicted octanol–water partition coefficient (Wildman–Crippen LogP) is 4.60. The Bertz CT molecular complexity index is 215. The van der Waals surface area contributed by atoms with Crippen molar-refractivity contribution < 1.29 is 18.9 Å². The quantitative estimate of drug-likeness (QED) is 0.266. The molecule has 0 bridgehead atoms. The highest BCUT2D eigenvalue weighted by Crippen LogP contribution is 2.18. The number of hydrogen-bond acceptors (Lipinski definition) is 4. The first-order chi connectivity index (χ1) is 9.79. The number of hydrogen-bond donors (Lipinski definition) is 0. The highest BCUT2D eigenvalue weighted by atomic mass is 16.7. The lowest BCUT2D eigenvalue weighted by Gasteiger charge is -2.17. The van der Waals surface area contributed by atoms with Crippen molar-refractivity contribution >= 4 is 0 Å². The maximum Gasteiger partial charge on any atom is 0.321 e. The van der Waals surface area contributed by atoms with Gasteiger partial charge in [0.2, 0.25) is 0 Å². The summed E-state index contributed by atoms with van der Waals surface area (Å²) < 4.78 is 22.1. The van der Waals surface area contributed by atoms with Crippen LogP contribution in [0.2, 0.25) is 0 Å². The van der Waals surface area contributed by atoms with Crippen LogP contribution in [0.15, 0.2) is 11.7 Å². The first kappa shape index (κ1) is 19.1. The fraction of sp³-hybridized carbons (Fsp3) is 0.875.